The molecule has 0 spiro atoms. The van der Waals surface area contributed by atoms with E-state index in [1.54, 1.807) is 6.07 Å². The van der Waals surface area contributed by atoms with E-state index >= 15 is 0 Å². The van der Waals surface area contributed by atoms with Gasteiger partial charge in [-0.1, -0.05) is 6.07 Å². The molecule has 0 bridgehead atoms. The molecule has 4 rings (SSSR count). The third kappa shape index (κ3) is 4.82. The summed E-state index contributed by atoms with van der Waals surface area (Å²) in [6, 6.07) is 5.07. The van der Waals surface area contributed by atoms with Gasteiger partial charge in [-0.15, -0.1) is 11.3 Å². The molecule has 2 heterocycles. The van der Waals surface area contributed by atoms with Gasteiger partial charge in [0.25, 0.3) is 0 Å². The van der Waals surface area contributed by atoms with Crippen molar-refractivity contribution in [1.82, 2.24) is 15.2 Å². The van der Waals surface area contributed by atoms with Gasteiger partial charge in [0, 0.05) is 36.5 Å². The number of fused-ring (bicyclic) bond motifs is 3. The van der Waals surface area contributed by atoms with Crippen molar-refractivity contribution in [2.45, 2.75) is 45.1 Å². The summed E-state index contributed by atoms with van der Waals surface area (Å²) in [6.45, 7) is 3.39. The van der Waals surface area contributed by atoms with Crippen molar-refractivity contribution in [2.75, 3.05) is 25.0 Å². The van der Waals surface area contributed by atoms with Crippen molar-refractivity contribution < 1.29 is 14.0 Å². The fourth-order valence-corrected chi connectivity index (χ4v) is 5.13. The number of halogens is 1. The Kier molecular flexibility index (Phi) is 5.91. The molecule has 0 unspecified atom stereocenters. The van der Waals surface area contributed by atoms with Gasteiger partial charge in [-0.25, -0.2) is 9.37 Å². The van der Waals surface area contributed by atoms with Crippen LogP contribution in [0.15, 0.2) is 18.2 Å². The first-order chi connectivity index (χ1) is 14.0. The van der Waals surface area contributed by atoms with Gasteiger partial charge in [0.05, 0.1) is 12.2 Å². The molecule has 1 fully saturated rings. The molecule has 2 N–H and O–H groups in total. The van der Waals surface area contributed by atoms with E-state index in [9.17, 15) is 14.0 Å². The summed E-state index contributed by atoms with van der Waals surface area (Å²) in [6.07, 6.45) is 4.48. The van der Waals surface area contributed by atoms with Crippen LogP contribution in [-0.2, 0) is 22.4 Å². The van der Waals surface area contributed by atoms with Crippen LogP contribution in [0.2, 0.25) is 0 Å². The van der Waals surface area contributed by atoms with Crippen molar-refractivity contribution in [3.8, 4) is 11.3 Å². The Labute approximate surface area is 173 Å². The number of benzene rings is 1. The topological polar surface area (TPSA) is 74.3 Å². The molecular weight excluding hydrogens is 391 g/mol. The number of piperidine rings is 1. The Balaban J connectivity index is 1.38. The highest BCUT2D eigenvalue weighted by molar-refractivity contribution is 7.16. The average Bonchev–Trinajstić information content (AvgIpc) is 2.98. The number of nitrogens with zero attached hydrogens (tertiary/aromatic N) is 2. The maximum Gasteiger partial charge on any atom is 0.240 e. The van der Waals surface area contributed by atoms with Gasteiger partial charge in [0.15, 0.2) is 5.13 Å². The quantitative estimate of drug-likeness (QED) is 0.804. The Morgan fingerprint density at radius 2 is 2.07 bits per heavy atom. The lowest BCUT2D eigenvalue weighted by atomic mass is 10.0. The van der Waals surface area contributed by atoms with Crippen LogP contribution in [0.25, 0.3) is 11.3 Å². The van der Waals surface area contributed by atoms with E-state index in [-0.39, 0.29) is 23.7 Å². The molecule has 1 aliphatic carbocycles. The number of rotatable bonds is 4. The first-order valence-electron chi connectivity index (χ1n) is 10.1. The predicted molar refractivity (Wildman–Crippen MR) is 111 cm³/mol. The predicted octanol–water partition coefficient (Wildman–Crippen LogP) is 2.98. The fraction of sp³-hybridized carbons (Fsp3) is 0.476. The first kappa shape index (κ1) is 20.0. The van der Waals surface area contributed by atoms with Gasteiger partial charge >= 0.3 is 0 Å². The summed E-state index contributed by atoms with van der Waals surface area (Å²) in [5.41, 5.74) is 2.75. The van der Waals surface area contributed by atoms with Gasteiger partial charge in [-0.05, 0) is 49.8 Å². The zero-order valence-electron chi connectivity index (χ0n) is 16.5. The molecule has 8 heteroatoms. The van der Waals surface area contributed by atoms with E-state index in [0.717, 1.165) is 66.9 Å². The van der Waals surface area contributed by atoms with Crippen molar-refractivity contribution in [2.24, 2.45) is 0 Å². The summed E-state index contributed by atoms with van der Waals surface area (Å²) < 4.78 is 13.8. The molecule has 29 heavy (non-hydrogen) atoms. The van der Waals surface area contributed by atoms with E-state index in [0.29, 0.717) is 11.7 Å². The Bertz CT molecular complexity index is 921. The number of carbonyl (C=O) groups is 2. The number of anilines is 1. The SMILES string of the molecule is CC(=O)NC1CCN(CC(=O)Nc2nc3c(s2)CCCc2ccc(F)cc2-3)CC1. The minimum absolute atomic E-state index is 0.00816. The highest BCUT2D eigenvalue weighted by Crippen LogP contribution is 2.37. The van der Waals surface area contributed by atoms with Crippen molar-refractivity contribution in [3.05, 3.63) is 34.5 Å². The monoisotopic (exact) mass is 416 g/mol. The zero-order chi connectivity index (χ0) is 20.4. The summed E-state index contributed by atoms with van der Waals surface area (Å²) in [5.74, 6) is -0.365. The second kappa shape index (κ2) is 8.59. The normalized spacial score (nSPS) is 17.2. The molecule has 0 atom stereocenters. The van der Waals surface area contributed by atoms with Crippen LogP contribution >= 0.6 is 11.3 Å². The molecule has 2 aliphatic rings. The van der Waals surface area contributed by atoms with Crippen LogP contribution in [0.3, 0.4) is 0 Å². The van der Waals surface area contributed by atoms with E-state index in [2.05, 4.69) is 20.5 Å². The number of hydrogen-bond donors (Lipinski definition) is 2. The van der Waals surface area contributed by atoms with Crippen LogP contribution in [0.5, 0.6) is 0 Å². The first-order valence-corrected chi connectivity index (χ1v) is 10.9. The maximum absolute atomic E-state index is 13.8. The Morgan fingerprint density at radius 3 is 2.83 bits per heavy atom. The maximum atomic E-state index is 13.8. The number of aryl methyl sites for hydroxylation is 2. The molecule has 1 saturated heterocycles. The van der Waals surface area contributed by atoms with Crippen LogP contribution in [0.4, 0.5) is 9.52 Å². The lowest BCUT2D eigenvalue weighted by Gasteiger charge is -2.31. The van der Waals surface area contributed by atoms with Gasteiger partial charge in [-0.3, -0.25) is 14.5 Å². The lowest BCUT2D eigenvalue weighted by molar-refractivity contribution is -0.121. The Morgan fingerprint density at radius 1 is 1.28 bits per heavy atom. The Hall–Kier alpha value is -2.32. The smallest absolute Gasteiger partial charge is 0.240 e. The fourth-order valence-electron chi connectivity index (χ4n) is 4.10. The van der Waals surface area contributed by atoms with Crippen LogP contribution in [-0.4, -0.2) is 47.4 Å². The molecular formula is C21H25FN4O2S. The average molecular weight is 417 g/mol. The number of nitrogens with one attached hydrogen (secondary N) is 2. The molecule has 2 amide bonds. The van der Waals surface area contributed by atoms with Crippen LogP contribution in [0.1, 0.15) is 36.6 Å². The molecule has 2 aromatic rings. The number of aromatic nitrogens is 1. The number of carbonyl (C=O) groups excluding carboxylic acids is 2. The van der Waals surface area contributed by atoms with E-state index in [1.807, 2.05) is 6.07 Å². The zero-order valence-corrected chi connectivity index (χ0v) is 17.3. The third-order valence-electron chi connectivity index (χ3n) is 5.48. The molecule has 154 valence electrons. The minimum Gasteiger partial charge on any atom is -0.354 e. The summed E-state index contributed by atoms with van der Waals surface area (Å²) >= 11 is 1.48. The second-order valence-corrected chi connectivity index (χ2v) is 8.83. The molecule has 1 aliphatic heterocycles. The molecule has 6 nitrogen and oxygen atoms in total. The molecule has 1 aromatic heterocycles. The largest absolute Gasteiger partial charge is 0.354 e. The number of likely N-dealkylation sites (tertiary alicyclic amines) is 1. The number of hydrogen-bond acceptors (Lipinski definition) is 5. The van der Waals surface area contributed by atoms with Crippen LogP contribution in [0, 0.1) is 5.82 Å². The summed E-state index contributed by atoms with van der Waals surface area (Å²) in [7, 11) is 0. The molecule has 0 radical (unpaired) electrons. The van der Waals surface area contributed by atoms with Crippen molar-refractivity contribution >= 4 is 28.3 Å². The van der Waals surface area contributed by atoms with Gasteiger partial charge in [-0.2, -0.15) is 0 Å². The minimum atomic E-state index is -0.266. The van der Waals surface area contributed by atoms with Gasteiger partial charge < -0.3 is 10.6 Å². The standard InChI is InChI=1S/C21H25FN4O2S/c1-13(27)23-16-7-9-26(10-8-16)12-19(28)24-21-25-20-17-11-15(22)6-5-14(17)3-2-4-18(20)29-21/h5-6,11,16H,2-4,7-10,12H2,1H3,(H,23,27)(H,24,25,28). The third-order valence-corrected chi connectivity index (χ3v) is 6.51. The van der Waals surface area contributed by atoms with E-state index in [1.165, 1.54) is 24.3 Å². The van der Waals surface area contributed by atoms with Gasteiger partial charge in [0.2, 0.25) is 11.8 Å². The highest BCUT2D eigenvalue weighted by atomic mass is 32.1. The highest BCUT2D eigenvalue weighted by Gasteiger charge is 2.23. The molecule has 1 aromatic carbocycles. The van der Waals surface area contributed by atoms with E-state index in [4.69, 9.17) is 0 Å². The second-order valence-electron chi connectivity index (χ2n) is 7.74. The number of thiazole rings is 1. The lowest BCUT2D eigenvalue weighted by Crippen LogP contribution is -2.46. The summed E-state index contributed by atoms with van der Waals surface area (Å²) in [5, 5.41) is 6.43. The summed E-state index contributed by atoms with van der Waals surface area (Å²) in [4.78, 5) is 31.5. The molecule has 0 saturated carbocycles. The van der Waals surface area contributed by atoms with E-state index < -0.39 is 0 Å². The van der Waals surface area contributed by atoms with Crippen LogP contribution < -0.4 is 10.6 Å². The number of amides is 2. The van der Waals surface area contributed by atoms with Crippen molar-refractivity contribution in [1.29, 1.82) is 0 Å². The van der Waals surface area contributed by atoms with Gasteiger partial charge in [0.1, 0.15) is 5.82 Å². The van der Waals surface area contributed by atoms with Crippen molar-refractivity contribution in [3.63, 3.8) is 0 Å².